The van der Waals surface area contributed by atoms with Gasteiger partial charge >= 0.3 is 0 Å². The third kappa shape index (κ3) is 3.71. The van der Waals surface area contributed by atoms with Gasteiger partial charge in [-0.05, 0) is 52.6 Å². The van der Waals surface area contributed by atoms with Crippen molar-refractivity contribution in [1.82, 2.24) is 4.37 Å². The Morgan fingerprint density at radius 1 is 1.46 bits per heavy atom. The van der Waals surface area contributed by atoms with Crippen LogP contribution in [0.1, 0.15) is 22.5 Å². The zero-order valence-electron chi connectivity index (χ0n) is 13.3. The number of carbonyl (C=O) groups excluding carboxylic acids is 1. The van der Waals surface area contributed by atoms with E-state index in [1.54, 1.807) is 25.3 Å². The molecule has 2 aromatic rings. The summed E-state index contributed by atoms with van der Waals surface area (Å²) in [7, 11) is 1.57. The third-order valence-corrected chi connectivity index (χ3v) is 5.23. The van der Waals surface area contributed by atoms with Crippen LogP contribution in [0.2, 0.25) is 0 Å². The fourth-order valence-corrected chi connectivity index (χ4v) is 3.56. The minimum Gasteiger partial charge on any atom is -0.493 e. The monoisotopic (exact) mass is 412 g/mol. The molecule has 0 aliphatic carbocycles. The van der Waals surface area contributed by atoms with E-state index < -0.39 is 0 Å². The van der Waals surface area contributed by atoms with Crippen molar-refractivity contribution in [2.75, 3.05) is 25.6 Å². The number of carbonyl (C=O) groups is 1. The molecule has 8 heteroatoms. The second-order valence-corrected chi connectivity index (χ2v) is 7.43. The van der Waals surface area contributed by atoms with Crippen LogP contribution in [-0.2, 0) is 4.74 Å². The van der Waals surface area contributed by atoms with Crippen molar-refractivity contribution in [3.63, 3.8) is 0 Å². The maximum absolute atomic E-state index is 12.5. The number of methoxy groups -OCH3 is 1. The minimum absolute atomic E-state index is 0.0188. The topological polar surface area (TPSA) is 69.7 Å². The second-order valence-electron chi connectivity index (χ2n) is 5.34. The maximum Gasteiger partial charge on any atom is 0.255 e. The Morgan fingerprint density at radius 3 is 2.92 bits per heavy atom. The smallest absolute Gasteiger partial charge is 0.255 e. The average Bonchev–Trinajstić information content (AvgIpc) is 3.20. The first kappa shape index (κ1) is 17.2. The lowest BCUT2D eigenvalue weighted by Crippen LogP contribution is -2.17. The quantitative estimate of drug-likeness (QED) is 0.811. The van der Waals surface area contributed by atoms with Gasteiger partial charge in [0, 0.05) is 12.0 Å². The van der Waals surface area contributed by atoms with Crippen LogP contribution in [-0.4, -0.2) is 36.7 Å². The van der Waals surface area contributed by atoms with Gasteiger partial charge in [0.05, 0.1) is 31.7 Å². The number of nitrogens with zero attached hydrogens (tertiary/aromatic N) is 1. The van der Waals surface area contributed by atoms with E-state index in [2.05, 4.69) is 25.6 Å². The highest BCUT2D eigenvalue weighted by Gasteiger charge is 2.21. The maximum atomic E-state index is 12.5. The van der Waals surface area contributed by atoms with Crippen molar-refractivity contribution < 1.29 is 19.0 Å². The van der Waals surface area contributed by atoms with E-state index >= 15 is 0 Å². The summed E-state index contributed by atoms with van der Waals surface area (Å²) in [5.41, 5.74) is 1.95. The molecule has 2 heterocycles. The summed E-state index contributed by atoms with van der Waals surface area (Å²) in [6.07, 6.45) is 0.807. The summed E-state index contributed by atoms with van der Waals surface area (Å²) in [5.74, 6) is 0.905. The van der Waals surface area contributed by atoms with Crippen LogP contribution in [0.3, 0.4) is 0 Å². The molecule has 24 heavy (non-hydrogen) atoms. The number of hydrogen-bond donors (Lipinski definition) is 1. The lowest BCUT2D eigenvalue weighted by molar-refractivity contribution is 0.102. The van der Waals surface area contributed by atoms with Crippen LogP contribution in [0.25, 0.3) is 0 Å². The molecule has 1 aliphatic rings. The van der Waals surface area contributed by atoms with Crippen molar-refractivity contribution in [1.29, 1.82) is 0 Å². The molecule has 6 nitrogen and oxygen atoms in total. The molecular formula is C16H17BrN2O4S. The first-order valence-electron chi connectivity index (χ1n) is 7.44. The number of nitrogens with one attached hydrogen (secondary N) is 1. The van der Waals surface area contributed by atoms with Crippen molar-refractivity contribution in [3.8, 4) is 11.5 Å². The molecule has 1 amide bonds. The predicted molar refractivity (Wildman–Crippen MR) is 95.4 cm³/mol. The largest absolute Gasteiger partial charge is 0.493 e. The van der Waals surface area contributed by atoms with E-state index in [0.717, 1.165) is 15.9 Å². The predicted octanol–water partition coefficient (Wildman–Crippen LogP) is 3.64. The van der Waals surface area contributed by atoms with Gasteiger partial charge < -0.3 is 19.5 Å². The molecule has 0 bridgehead atoms. The summed E-state index contributed by atoms with van der Waals surface area (Å²) in [5, 5.41) is 2.87. The molecule has 1 saturated heterocycles. The summed E-state index contributed by atoms with van der Waals surface area (Å²) >= 11 is 4.69. The fourth-order valence-electron chi connectivity index (χ4n) is 2.36. The minimum atomic E-state index is -0.228. The molecule has 1 N–H and O–H groups in total. The van der Waals surface area contributed by atoms with Gasteiger partial charge in [-0.15, -0.1) is 0 Å². The SMILES string of the molecule is COc1ccc(C(=O)Nc2c(C)nsc2Br)cc1OC1CCOC1. The molecule has 1 unspecified atom stereocenters. The van der Waals surface area contributed by atoms with E-state index in [9.17, 15) is 4.79 Å². The average molecular weight is 413 g/mol. The molecule has 0 radical (unpaired) electrons. The zero-order chi connectivity index (χ0) is 17.1. The van der Waals surface area contributed by atoms with Gasteiger partial charge in [0.15, 0.2) is 11.5 Å². The molecular weight excluding hydrogens is 396 g/mol. The molecule has 1 fully saturated rings. The van der Waals surface area contributed by atoms with Gasteiger partial charge in [-0.3, -0.25) is 4.79 Å². The van der Waals surface area contributed by atoms with Crippen LogP contribution in [0.5, 0.6) is 11.5 Å². The van der Waals surface area contributed by atoms with Crippen LogP contribution in [0, 0.1) is 6.92 Å². The van der Waals surface area contributed by atoms with Gasteiger partial charge in [0.1, 0.15) is 9.89 Å². The Balaban J connectivity index is 1.81. The first-order chi connectivity index (χ1) is 11.6. The molecule has 3 rings (SSSR count). The third-order valence-electron chi connectivity index (χ3n) is 3.67. The van der Waals surface area contributed by atoms with Crippen molar-refractivity contribution >= 4 is 39.1 Å². The normalized spacial score (nSPS) is 16.9. The Bertz CT molecular complexity index is 724. The lowest BCUT2D eigenvalue weighted by Gasteiger charge is -2.16. The molecule has 1 aliphatic heterocycles. The number of hydrogen-bond acceptors (Lipinski definition) is 6. The lowest BCUT2D eigenvalue weighted by atomic mass is 10.1. The Labute approximate surface area is 152 Å². The second kappa shape index (κ2) is 7.50. The van der Waals surface area contributed by atoms with Crippen LogP contribution >= 0.6 is 27.5 Å². The number of anilines is 1. The molecule has 128 valence electrons. The summed E-state index contributed by atoms with van der Waals surface area (Å²) in [6.45, 7) is 3.08. The van der Waals surface area contributed by atoms with E-state index in [0.29, 0.717) is 36.0 Å². The number of aromatic nitrogens is 1. The molecule has 0 spiro atoms. The van der Waals surface area contributed by atoms with Gasteiger partial charge in [-0.1, -0.05) is 0 Å². The molecule has 1 aromatic heterocycles. The number of amides is 1. The Morgan fingerprint density at radius 2 is 2.29 bits per heavy atom. The molecule has 0 saturated carbocycles. The number of rotatable bonds is 5. The number of benzene rings is 1. The Hall–Kier alpha value is -1.64. The highest BCUT2D eigenvalue weighted by Crippen LogP contribution is 2.32. The van der Waals surface area contributed by atoms with Crippen LogP contribution in [0.4, 0.5) is 5.69 Å². The van der Waals surface area contributed by atoms with Gasteiger partial charge in [0.25, 0.3) is 5.91 Å². The molecule has 1 atom stereocenters. The van der Waals surface area contributed by atoms with Crippen LogP contribution in [0.15, 0.2) is 22.0 Å². The van der Waals surface area contributed by atoms with Gasteiger partial charge in [-0.2, -0.15) is 4.37 Å². The standard InChI is InChI=1S/C16H17BrN2O4S/c1-9-14(15(17)24-19-9)18-16(20)10-3-4-12(21-2)13(7-10)23-11-5-6-22-8-11/h3-4,7,11H,5-6,8H2,1-2H3,(H,18,20). The summed E-state index contributed by atoms with van der Waals surface area (Å²) in [4.78, 5) is 12.5. The number of ether oxygens (including phenoxy) is 3. The number of halogens is 1. The molecule has 1 aromatic carbocycles. The van der Waals surface area contributed by atoms with E-state index in [1.165, 1.54) is 11.5 Å². The highest BCUT2D eigenvalue weighted by molar-refractivity contribution is 9.11. The van der Waals surface area contributed by atoms with E-state index in [-0.39, 0.29) is 12.0 Å². The summed E-state index contributed by atoms with van der Waals surface area (Å²) in [6, 6.07) is 5.12. The van der Waals surface area contributed by atoms with E-state index in [4.69, 9.17) is 14.2 Å². The summed E-state index contributed by atoms with van der Waals surface area (Å²) < 4.78 is 21.6. The highest BCUT2D eigenvalue weighted by atomic mass is 79.9. The fraction of sp³-hybridized carbons (Fsp3) is 0.375. The zero-order valence-corrected chi connectivity index (χ0v) is 15.7. The van der Waals surface area contributed by atoms with Gasteiger partial charge in [-0.25, -0.2) is 0 Å². The van der Waals surface area contributed by atoms with Crippen molar-refractivity contribution in [3.05, 3.63) is 33.2 Å². The van der Waals surface area contributed by atoms with E-state index in [1.807, 2.05) is 6.92 Å². The Kier molecular flexibility index (Phi) is 5.37. The van der Waals surface area contributed by atoms with Gasteiger partial charge in [0.2, 0.25) is 0 Å². The first-order valence-corrected chi connectivity index (χ1v) is 9.00. The van der Waals surface area contributed by atoms with Crippen LogP contribution < -0.4 is 14.8 Å². The van der Waals surface area contributed by atoms with Crippen molar-refractivity contribution in [2.45, 2.75) is 19.4 Å². The van der Waals surface area contributed by atoms with Crippen molar-refractivity contribution in [2.24, 2.45) is 0 Å². The number of aryl methyl sites for hydroxylation is 1.